The number of hydrogen-bond donors (Lipinski definition) is 2. The summed E-state index contributed by atoms with van der Waals surface area (Å²) in [5, 5.41) is 21.8. The summed E-state index contributed by atoms with van der Waals surface area (Å²) in [7, 11) is 2.00. The Bertz CT molecular complexity index is 785. The van der Waals surface area contributed by atoms with Crippen LogP contribution >= 0.6 is 0 Å². The fraction of sp³-hybridized carbons (Fsp3) is 0.520. The van der Waals surface area contributed by atoms with Gasteiger partial charge in [0.15, 0.2) is 0 Å². The molecule has 0 aromatic heterocycles. The van der Waals surface area contributed by atoms with Gasteiger partial charge in [-0.15, -0.1) is 0 Å². The van der Waals surface area contributed by atoms with Gasteiger partial charge in [-0.2, -0.15) is 0 Å². The zero-order chi connectivity index (χ0) is 21.3. The Kier molecular flexibility index (Phi) is 6.62. The lowest BCUT2D eigenvalue weighted by molar-refractivity contribution is 0.0684. The summed E-state index contributed by atoms with van der Waals surface area (Å²) in [4.78, 5) is 2.10. The zero-order valence-corrected chi connectivity index (χ0v) is 18.7. The SMILES string of the molecule is C[C@H]([C@@H](O)c1ccccc1)N(C)Cc1cc(C(C)(C)C)cc(C(C)(C)C)c1O. The van der Waals surface area contributed by atoms with Gasteiger partial charge >= 0.3 is 0 Å². The van der Waals surface area contributed by atoms with E-state index in [4.69, 9.17) is 0 Å². The number of hydrogen-bond acceptors (Lipinski definition) is 3. The molecule has 2 N–H and O–H groups in total. The largest absolute Gasteiger partial charge is 0.507 e. The predicted octanol–water partition coefficient (Wildman–Crippen LogP) is 5.54. The third kappa shape index (κ3) is 5.15. The van der Waals surface area contributed by atoms with Crippen LogP contribution in [0.3, 0.4) is 0 Å². The Morgan fingerprint density at radius 3 is 2.00 bits per heavy atom. The van der Waals surface area contributed by atoms with Gasteiger partial charge in [0.05, 0.1) is 6.10 Å². The lowest BCUT2D eigenvalue weighted by Gasteiger charge is -2.32. The number of phenols is 1. The highest BCUT2D eigenvalue weighted by atomic mass is 16.3. The van der Waals surface area contributed by atoms with Crippen LogP contribution in [0, 0.1) is 0 Å². The second-order valence-electron chi connectivity index (χ2n) is 10.0. The van der Waals surface area contributed by atoms with Gasteiger partial charge in [0, 0.05) is 18.2 Å². The van der Waals surface area contributed by atoms with E-state index in [1.165, 1.54) is 5.56 Å². The van der Waals surface area contributed by atoms with E-state index in [1.54, 1.807) is 0 Å². The highest BCUT2D eigenvalue weighted by molar-refractivity contribution is 5.48. The van der Waals surface area contributed by atoms with E-state index in [9.17, 15) is 10.2 Å². The summed E-state index contributed by atoms with van der Waals surface area (Å²) in [6.45, 7) is 15.6. The monoisotopic (exact) mass is 383 g/mol. The van der Waals surface area contributed by atoms with E-state index in [-0.39, 0.29) is 16.9 Å². The molecule has 0 amide bonds. The van der Waals surface area contributed by atoms with Gasteiger partial charge in [-0.3, -0.25) is 4.90 Å². The molecular weight excluding hydrogens is 346 g/mol. The zero-order valence-electron chi connectivity index (χ0n) is 18.7. The van der Waals surface area contributed by atoms with E-state index in [0.29, 0.717) is 12.3 Å². The van der Waals surface area contributed by atoms with Crippen LogP contribution in [0.25, 0.3) is 0 Å². The fourth-order valence-corrected chi connectivity index (χ4v) is 3.40. The molecule has 28 heavy (non-hydrogen) atoms. The van der Waals surface area contributed by atoms with Gasteiger partial charge in [-0.1, -0.05) is 84.0 Å². The number of nitrogens with zero attached hydrogens (tertiary/aromatic N) is 1. The molecule has 0 unspecified atom stereocenters. The smallest absolute Gasteiger partial charge is 0.123 e. The Morgan fingerprint density at radius 2 is 1.50 bits per heavy atom. The van der Waals surface area contributed by atoms with E-state index in [1.807, 2.05) is 44.3 Å². The standard InChI is InChI=1S/C25H37NO2/c1-17(22(27)18-12-10-9-11-13-18)26(8)16-19-14-20(24(2,3)4)15-21(23(19)28)25(5,6)7/h9-15,17,22,27-28H,16H2,1-8H3/t17-,22-/m1/s1. The second-order valence-corrected chi connectivity index (χ2v) is 10.0. The van der Waals surface area contributed by atoms with Crippen molar-refractivity contribution in [2.45, 2.75) is 78.0 Å². The summed E-state index contributed by atoms with van der Waals surface area (Å²) in [6.07, 6.45) is -0.582. The maximum Gasteiger partial charge on any atom is 0.123 e. The van der Waals surface area contributed by atoms with Crippen LogP contribution in [0.15, 0.2) is 42.5 Å². The van der Waals surface area contributed by atoms with Crippen LogP contribution < -0.4 is 0 Å². The van der Waals surface area contributed by atoms with Crippen LogP contribution in [0.1, 0.15) is 76.8 Å². The van der Waals surface area contributed by atoms with Crippen molar-refractivity contribution in [1.82, 2.24) is 4.90 Å². The highest BCUT2D eigenvalue weighted by Crippen LogP contribution is 2.38. The number of benzene rings is 2. The Balaban J connectivity index is 2.36. The van der Waals surface area contributed by atoms with Crippen molar-refractivity contribution in [3.63, 3.8) is 0 Å². The molecular formula is C25H37NO2. The molecule has 2 rings (SSSR count). The number of aliphatic hydroxyl groups excluding tert-OH is 1. The van der Waals surface area contributed by atoms with E-state index < -0.39 is 6.10 Å². The Labute approximate surface area is 171 Å². The number of likely N-dealkylation sites (N-methyl/N-ethyl adjacent to an activating group) is 1. The minimum absolute atomic E-state index is 0.00378. The summed E-state index contributed by atoms with van der Waals surface area (Å²) < 4.78 is 0. The Hall–Kier alpha value is -1.84. The minimum Gasteiger partial charge on any atom is -0.507 e. The summed E-state index contributed by atoms with van der Waals surface area (Å²) >= 11 is 0. The van der Waals surface area contributed by atoms with Crippen molar-refractivity contribution < 1.29 is 10.2 Å². The number of rotatable bonds is 5. The molecule has 2 atom stereocenters. The third-order valence-corrected chi connectivity index (χ3v) is 5.58. The van der Waals surface area contributed by atoms with Crippen molar-refractivity contribution in [1.29, 1.82) is 0 Å². The molecule has 0 aliphatic heterocycles. The van der Waals surface area contributed by atoms with Gasteiger partial charge in [0.2, 0.25) is 0 Å². The number of aliphatic hydroxyl groups is 1. The molecule has 0 saturated heterocycles. The number of phenolic OH excluding ortho intramolecular Hbond substituents is 1. The normalized spacial score (nSPS) is 14.9. The summed E-state index contributed by atoms with van der Waals surface area (Å²) in [6, 6.07) is 13.9. The molecule has 2 aromatic carbocycles. The molecule has 3 heteroatoms. The first-order valence-electron chi connectivity index (χ1n) is 10.1. The topological polar surface area (TPSA) is 43.7 Å². The quantitative estimate of drug-likeness (QED) is 0.712. The maximum atomic E-state index is 11.0. The van der Waals surface area contributed by atoms with Gasteiger partial charge in [-0.05, 0) is 41.5 Å². The Morgan fingerprint density at radius 1 is 0.929 bits per heavy atom. The van der Waals surface area contributed by atoms with Gasteiger partial charge in [0.1, 0.15) is 5.75 Å². The van der Waals surface area contributed by atoms with Crippen LogP contribution in [-0.4, -0.2) is 28.2 Å². The second kappa shape index (κ2) is 8.26. The average Bonchev–Trinajstić information content (AvgIpc) is 2.60. The van der Waals surface area contributed by atoms with Crippen molar-refractivity contribution >= 4 is 0 Å². The van der Waals surface area contributed by atoms with Crippen LogP contribution in [-0.2, 0) is 17.4 Å². The molecule has 0 spiro atoms. The molecule has 0 fully saturated rings. The fourth-order valence-electron chi connectivity index (χ4n) is 3.40. The highest BCUT2D eigenvalue weighted by Gasteiger charge is 2.27. The predicted molar refractivity (Wildman–Crippen MR) is 118 cm³/mol. The third-order valence-electron chi connectivity index (χ3n) is 5.58. The van der Waals surface area contributed by atoms with Crippen LogP contribution in [0.5, 0.6) is 5.75 Å². The first-order valence-corrected chi connectivity index (χ1v) is 10.1. The first-order chi connectivity index (χ1) is 12.8. The molecule has 0 heterocycles. The molecule has 0 bridgehead atoms. The molecule has 0 aliphatic rings. The lowest BCUT2D eigenvalue weighted by atomic mass is 9.79. The first kappa shape index (κ1) is 22.4. The van der Waals surface area contributed by atoms with Crippen molar-refractivity contribution in [3.8, 4) is 5.75 Å². The van der Waals surface area contributed by atoms with Crippen molar-refractivity contribution in [2.75, 3.05) is 7.05 Å². The van der Waals surface area contributed by atoms with Crippen molar-refractivity contribution in [2.24, 2.45) is 0 Å². The molecule has 2 aromatic rings. The molecule has 0 saturated carbocycles. The molecule has 3 nitrogen and oxygen atoms in total. The minimum atomic E-state index is -0.582. The van der Waals surface area contributed by atoms with Gasteiger partial charge < -0.3 is 10.2 Å². The van der Waals surface area contributed by atoms with Crippen LogP contribution in [0.4, 0.5) is 0 Å². The lowest BCUT2D eigenvalue weighted by Crippen LogP contribution is -2.34. The van der Waals surface area contributed by atoms with E-state index >= 15 is 0 Å². The average molecular weight is 384 g/mol. The molecule has 0 aliphatic carbocycles. The van der Waals surface area contributed by atoms with Crippen LogP contribution in [0.2, 0.25) is 0 Å². The summed E-state index contributed by atoms with van der Waals surface area (Å²) in [5.74, 6) is 0.369. The number of aromatic hydroxyl groups is 1. The summed E-state index contributed by atoms with van der Waals surface area (Å²) in [5.41, 5.74) is 3.86. The van der Waals surface area contributed by atoms with Gasteiger partial charge in [0.25, 0.3) is 0 Å². The van der Waals surface area contributed by atoms with Gasteiger partial charge in [-0.25, -0.2) is 0 Å². The molecule has 0 radical (unpaired) electrons. The van der Waals surface area contributed by atoms with Crippen molar-refractivity contribution in [3.05, 3.63) is 64.7 Å². The van der Waals surface area contributed by atoms with E-state index in [2.05, 4.69) is 58.6 Å². The van der Waals surface area contributed by atoms with E-state index in [0.717, 1.165) is 16.7 Å². The maximum absolute atomic E-state index is 11.0. The molecule has 154 valence electrons.